The third kappa shape index (κ3) is 2.86. The molecule has 1 heterocycles. The topological polar surface area (TPSA) is 47.0 Å². The number of methoxy groups -OCH3 is 1. The Morgan fingerprint density at radius 2 is 2.00 bits per heavy atom. The minimum atomic E-state index is -0.696. The normalized spacial score (nSPS) is 10.2. The smallest absolute Gasteiger partial charge is 0.145 e. The number of benzene rings is 1. The van der Waals surface area contributed by atoms with Gasteiger partial charge in [0.15, 0.2) is 0 Å². The Morgan fingerprint density at radius 1 is 1.28 bits per heavy atom. The molecule has 7 heteroatoms. The van der Waals surface area contributed by atoms with E-state index in [1.54, 1.807) is 6.07 Å². The van der Waals surface area contributed by atoms with Gasteiger partial charge in [0.05, 0.1) is 7.11 Å². The highest BCUT2D eigenvalue weighted by Gasteiger charge is 2.12. The number of anilines is 1. The quantitative estimate of drug-likeness (QED) is 0.865. The number of halogens is 2. The van der Waals surface area contributed by atoms with Gasteiger partial charge in [-0.3, -0.25) is 0 Å². The van der Waals surface area contributed by atoms with Crippen LogP contribution in [0.25, 0.3) is 0 Å². The molecule has 0 aliphatic heterocycles. The van der Waals surface area contributed by atoms with Gasteiger partial charge in [-0.05, 0) is 18.0 Å². The molecule has 94 valence electrons. The Balaban J connectivity index is 2.15. The molecule has 0 fully saturated rings. The van der Waals surface area contributed by atoms with Crippen molar-refractivity contribution in [3.63, 3.8) is 0 Å². The van der Waals surface area contributed by atoms with Crippen molar-refractivity contribution in [1.82, 2.24) is 9.97 Å². The lowest BCUT2D eigenvalue weighted by atomic mass is 10.3. The largest absolute Gasteiger partial charge is 0.497 e. The summed E-state index contributed by atoms with van der Waals surface area (Å²) in [6.07, 6.45) is 2.86. The molecule has 2 rings (SSSR count). The van der Waals surface area contributed by atoms with E-state index in [1.165, 1.54) is 19.6 Å². The second kappa shape index (κ2) is 5.63. The average molecular weight is 269 g/mol. The van der Waals surface area contributed by atoms with E-state index in [4.69, 9.17) is 4.74 Å². The third-order valence-corrected chi connectivity index (χ3v) is 2.95. The van der Waals surface area contributed by atoms with E-state index in [2.05, 4.69) is 14.7 Å². The summed E-state index contributed by atoms with van der Waals surface area (Å²) >= 11 is 0.800. The molecule has 0 spiro atoms. The van der Waals surface area contributed by atoms with Gasteiger partial charge in [-0.15, -0.1) is 0 Å². The summed E-state index contributed by atoms with van der Waals surface area (Å²) < 4.78 is 34.7. The van der Waals surface area contributed by atoms with Crippen molar-refractivity contribution in [3.05, 3.63) is 42.4 Å². The second-order valence-electron chi connectivity index (χ2n) is 3.22. The van der Waals surface area contributed by atoms with Crippen LogP contribution in [-0.4, -0.2) is 17.1 Å². The highest BCUT2D eigenvalue weighted by Crippen LogP contribution is 2.29. The molecule has 0 aliphatic rings. The molecule has 1 N–H and O–H groups in total. The molecular formula is C11H9F2N3OS. The minimum Gasteiger partial charge on any atom is -0.497 e. The van der Waals surface area contributed by atoms with Crippen LogP contribution in [-0.2, 0) is 0 Å². The van der Waals surface area contributed by atoms with Gasteiger partial charge >= 0.3 is 0 Å². The molecule has 0 bridgehead atoms. The molecule has 0 aliphatic carbocycles. The highest BCUT2D eigenvalue weighted by atomic mass is 32.2. The van der Waals surface area contributed by atoms with Gasteiger partial charge in [-0.25, -0.2) is 18.7 Å². The van der Waals surface area contributed by atoms with Gasteiger partial charge in [0.25, 0.3) is 0 Å². The molecule has 1 aromatic carbocycles. The van der Waals surface area contributed by atoms with Crippen molar-refractivity contribution < 1.29 is 13.5 Å². The van der Waals surface area contributed by atoms with Gasteiger partial charge in [0.1, 0.15) is 34.4 Å². The van der Waals surface area contributed by atoms with E-state index in [0.29, 0.717) is 5.82 Å². The van der Waals surface area contributed by atoms with E-state index < -0.39 is 11.6 Å². The summed E-state index contributed by atoms with van der Waals surface area (Å²) in [6.45, 7) is 0. The molecule has 0 amide bonds. The van der Waals surface area contributed by atoms with Crippen molar-refractivity contribution in [2.75, 3.05) is 11.8 Å². The molecule has 0 atom stereocenters. The first-order valence-electron chi connectivity index (χ1n) is 4.92. The van der Waals surface area contributed by atoms with Crippen molar-refractivity contribution in [1.29, 1.82) is 0 Å². The van der Waals surface area contributed by atoms with E-state index >= 15 is 0 Å². The summed E-state index contributed by atoms with van der Waals surface area (Å²) in [5.74, 6) is -0.794. The fraction of sp³-hybridized carbons (Fsp3) is 0.0909. The zero-order valence-corrected chi connectivity index (χ0v) is 10.2. The Bertz CT molecular complexity index is 516. The van der Waals surface area contributed by atoms with Crippen LogP contribution in [0.1, 0.15) is 0 Å². The van der Waals surface area contributed by atoms with Crippen LogP contribution in [0.15, 0.2) is 35.6 Å². The van der Waals surface area contributed by atoms with Crippen LogP contribution in [0.3, 0.4) is 0 Å². The summed E-state index contributed by atoms with van der Waals surface area (Å²) in [7, 11) is 1.35. The van der Waals surface area contributed by atoms with Crippen LogP contribution in [0.2, 0.25) is 0 Å². The predicted octanol–water partition coefficient (Wildman–Crippen LogP) is 2.88. The molecule has 0 saturated heterocycles. The van der Waals surface area contributed by atoms with Crippen molar-refractivity contribution in [3.8, 4) is 5.75 Å². The maximum absolute atomic E-state index is 13.6. The molecule has 0 saturated carbocycles. The van der Waals surface area contributed by atoms with Crippen LogP contribution >= 0.6 is 11.9 Å². The molecular weight excluding hydrogens is 260 g/mol. The van der Waals surface area contributed by atoms with Gasteiger partial charge in [0.2, 0.25) is 0 Å². The van der Waals surface area contributed by atoms with E-state index in [0.717, 1.165) is 24.1 Å². The minimum absolute atomic E-state index is 0.136. The van der Waals surface area contributed by atoms with Gasteiger partial charge in [-0.1, -0.05) is 0 Å². The Hall–Kier alpha value is -1.89. The lowest BCUT2D eigenvalue weighted by molar-refractivity contribution is 0.403. The zero-order chi connectivity index (χ0) is 13.0. The van der Waals surface area contributed by atoms with Gasteiger partial charge in [0, 0.05) is 18.3 Å². The number of nitrogens with zero attached hydrogens (tertiary/aromatic N) is 2. The maximum Gasteiger partial charge on any atom is 0.145 e. The summed E-state index contributed by atoms with van der Waals surface area (Å²) in [4.78, 5) is 7.46. The first-order valence-corrected chi connectivity index (χ1v) is 5.74. The van der Waals surface area contributed by atoms with Crippen LogP contribution < -0.4 is 9.46 Å². The zero-order valence-electron chi connectivity index (χ0n) is 9.35. The first kappa shape index (κ1) is 12.6. The molecule has 0 radical (unpaired) electrons. The standard InChI is InChI=1S/C11H9F2N3OS/c1-17-7-4-8(12)11(9(13)5-7)18-16-10-2-3-14-6-15-10/h2-6H,1H3,(H,14,15,16). The number of hydrogen-bond donors (Lipinski definition) is 1. The summed E-state index contributed by atoms with van der Waals surface area (Å²) in [5, 5.41) is 0. The molecule has 0 unspecified atom stereocenters. The third-order valence-electron chi connectivity index (χ3n) is 2.05. The van der Waals surface area contributed by atoms with Gasteiger partial charge < -0.3 is 9.46 Å². The Labute approximate surface area is 107 Å². The van der Waals surface area contributed by atoms with Crippen LogP contribution in [0, 0.1) is 11.6 Å². The number of rotatable bonds is 4. The average Bonchev–Trinajstić information content (AvgIpc) is 2.38. The molecule has 1 aromatic heterocycles. The van der Waals surface area contributed by atoms with E-state index in [9.17, 15) is 8.78 Å². The molecule has 4 nitrogen and oxygen atoms in total. The summed E-state index contributed by atoms with van der Waals surface area (Å²) in [5.41, 5.74) is 0. The Morgan fingerprint density at radius 3 is 2.56 bits per heavy atom. The summed E-state index contributed by atoms with van der Waals surface area (Å²) in [6, 6.07) is 3.83. The fourth-order valence-corrected chi connectivity index (χ4v) is 1.85. The number of hydrogen-bond acceptors (Lipinski definition) is 5. The molecule has 2 aromatic rings. The first-order chi connectivity index (χ1) is 8.70. The Kier molecular flexibility index (Phi) is 3.93. The van der Waals surface area contributed by atoms with Crippen LogP contribution in [0.4, 0.5) is 14.6 Å². The predicted molar refractivity (Wildman–Crippen MR) is 64.4 cm³/mol. The van der Waals surface area contributed by atoms with Crippen LogP contribution in [0.5, 0.6) is 5.75 Å². The van der Waals surface area contributed by atoms with E-state index in [-0.39, 0.29) is 10.6 Å². The van der Waals surface area contributed by atoms with Crippen molar-refractivity contribution in [2.24, 2.45) is 0 Å². The lowest BCUT2D eigenvalue weighted by Gasteiger charge is -2.08. The van der Waals surface area contributed by atoms with E-state index in [1.807, 2.05) is 0 Å². The molecule has 18 heavy (non-hydrogen) atoms. The number of aromatic nitrogens is 2. The highest BCUT2D eigenvalue weighted by molar-refractivity contribution is 8.00. The number of nitrogens with one attached hydrogen (secondary N) is 1. The fourth-order valence-electron chi connectivity index (χ4n) is 1.21. The van der Waals surface area contributed by atoms with Crippen molar-refractivity contribution in [2.45, 2.75) is 4.90 Å². The number of ether oxygens (including phenoxy) is 1. The maximum atomic E-state index is 13.6. The van der Waals surface area contributed by atoms with Crippen molar-refractivity contribution >= 4 is 17.8 Å². The SMILES string of the molecule is COc1cc(F)c(SNc2ccncn2)c(F)c1. The lowest BCUT2D eigenvalue weighted by Crippen LogP contribution is -1.96. The second-order valence-corrected chi connectivity index (χ2v) is 4.04. The van der Waals surface area contributed by atoms with Gasteiger partial charge in [-0.2, -0.15) is 0 Å². The monoisotopic (exact) mass is 269 g/mol.